The van der Waals surface area contributed by atoms with Gasteiger partial charge in [-0.05, 0) is 18.9 Å². The fourth-order valence-electron chi connectivity index (χ4n) is 5.99. The van der Waals surface area contributed by atoms with E-state index in [9.17, 15) is 9.59 Å². The Kier molecular flexibility index (Phi) is 18.4. The zero-order chi connectivity index (χ0) is 36.1. The first kappa shape index (κ1) is 40.4. The number of unbranched alkanes of at least 4 members (excludes halogenated alkanes) is 1. The van der Waals surface area contributed by atoms with Gasteiger partial charge in [-0.3, -0.25) is 14.5 Å². The van der Waals surface area contributed by atoms with E-state index >= 15 is 0 Å². The number of rotatable bonds is 26. The third-order valence-corrected chi connectivity index (χ3v) is 8.78. The first-order chi connectivity index (χ1) is 25.0. The number of nitrogens with one attached hydrogen (secondary N) is 1. The molecule has 3 N–H and O–H groups in total. The molecule has 1 saturated heterocycles. The Bertz CT molecular complexity index is 1460. The molecule has 51 heavy (non-hydrogen) atoms. The summed E-state index contributed by atoms with van der Waals surface area (Å²) in [7, 11) is 0. The van der Waals surface area contributed by atoms with Crippen LogP contribution < -0.4 is 11.1 Å². The third kappa shape index (κ3) is 13.6. The van der Waals surface area contributed by atoms with Crippen LogP contribution in [-0.2, 0) is 46.2 Å². The maximum Gasteiger partial charge on any atom is 0.223 e. The van der Waals surface area contributed by atoms with E-state index in [0.29, 0.717) is 84.9 Å². The number of nitrogens with zero attached hydrogens (tertiary/aromatic N) is 5. The number of nitrogen functional groups attached to an aromatic ring is 1. The van der Waals surface area contributed by atoms with Crippen molar-refractivity contribution in [3.8, 4) is 0 Å². The highest BCUT2D eigenvalue weighted by molar-refractivity contribution is 6.06. The standard InChI is InChI=1S/C37H59N7O7/c1-3-5-10-32-41-35-36(30-8-6-7-9-31(30)40-37(35)38)44(32)19-16-42-14-17-43(18-15-42)34(46)12-11-33(45)39-13-21-48-23-25-50-27-29-51-28-26-49-24-22-47-20-4-2/h6-9H,3-5,10-29H2,1-2H3,(H2,38,40)(H,39,45). The van der Waals surface area contributed by atoms with Crippen LogP contribution in [0.25, 0.3) is 21.9 Å². The SMILES string of the molecule is CCCCc1nc2c(N)nc3ccccc3c2n1CCN1CCN(C(=O)CCC(=O)NCCOCCOCCOCCOCCOCCC)CC1. The monoisotopic (exact) mass is 713 g/mol. The van der Waals surface area contributed by atoms with Crippen molar-refractivity contribution >= 4 is 39.6 Å². The van der Waals surface area contributed by atoms with E-state index in [1.165, 1.54) is 0 Å². The highest BCUT2D eigenvalue weighted by Crippen LogP contribution is 2.29. The summed E-state index contributed by atoms with van der Waals surface area (Å²) < 4.78 is 29.6. The molecule has 1 aromatic carbocycles. The number of pyridine rings is 1. The van der Waals surface area contributed by atoms with E-state index in [1.807, 2.05) is 23.1 Å². The molecule has 0 unspecified atom stereocenters. The van der Waals surface area contributed by atoms with Crippen LogP contribution in [-0.4, -0.2) is 141 Å². The topological polar surface area (TPSA) is 156 Å². The Labute approximate surface area is 302 Å². The summed E-state index contributed by atoms with van der Waals surface area (Å²) in [5.74, 6) is 1.38. The quantitative estimate of drug-likeness (QED) is 0.118. The van der Waals surface area contributed by atoms with E-state index in [0.717, 1.165) is 86.2 Å². The van der Waals surface area contributed by atoms with E-state index in [1.54, 1.807) is 0 Å². The lowest BCUT2D eigenvalue weighted by molar-refractivity contribution is -0.135. The van der Waals surface area contributed by atoms with Gasteiger partial charge in [0.1, 0.15) is 11.3 Å². The highest BCUT2D eigenvalue weighted by Gasteiger charge is 2.23. The molecule has 0 bridgehead atoms. The van der Waals surface area contributed by atoms with Crippen LogP contribution in [0.2, 0.25) is 0 Å². The van der Waals surface area contributed by atoms with Gasteiger partial charge in [0.25, 0.3) is 0 Å². The van der Waals surface area contributed by atoms with Crippen molar-refractivity contribution in [1.82, 2.24) is 29.7 Å². The van der Waals surface area contributed by atoms with Crippen LogP contribution in [0.3, 0.4) is 0 Å². The molecule has 2 aromatic heterocycles. The summed E-state index contributed by atoms with van der Waals surface area (Å²) in [5.41, 5.74) is 9.06. The van der Waals surface area contributed by atoms with Crippen LogP contribution in [0.4, 0.5) is 5.82 Å². The van der Waals surface area contributed by atoms with Gasteiger partial charge in [0, 0.05) is 77.1 Å². The number of piperazine rings is 1. The second-order valence-corrected chi connectivity index (χ2v) is 12.6. The molecule has 1 aliphatic heterocycles. The molecule has 1 aliphatic rings. The van der Waals surface area contributed by atoms with Crippen molar-refractivity contribution in [3.05, 3.63) is 30.1 Å². The maximum atomic E-state index is 12.9. The number of carbonyl (C=O) groups excluding carboxylic acids is 2. The van der Waals surface area contributed by atoms with Gasteiger partial charge >= 0.3 is 0 Å². The number of anilines is 1. The van der Waals surface area contributed by atoms with Crippen LogP contribution in [0, 0.1) is 0 Å². The number of amides is 2. The molecule has 3 heterocycles. The average molecular weight is 714 g/mol. The summed E-state index contributed by atoms with van der Waals surface area (Å²) >= 11 is 0. The smallest absolute Gasteiger partial charge is 0.223 e. The normalized spacial score (nSPS) is 13.8. The van der Waals surface area contributed by atoms with Crippen LogP contribution in [0.1, 0.15) is 51.8 Å². The van der Waals surface area contributed by atoms with Gasteiger partial charge < -0.3 is 44.2 Å². The average Bonchev–Trinajstić information content (AvgIpc) is 3.52. The number of aromatic nitrogens is 3. The minimum Gasteiger partial charge on any atom is -0.382 e. The minimum atomic E-state index is -0.147. The molecular formula is C37H59N7O7. The van der Waals surface area contributed by atoms with Crippen molar-refractivity contribution in [3.63, 3.8) is 0 Å². The molecule has 0 spiro atoms. The Balaban J connectivity index is 1.04. The second-order valence-electron chi connectivity index (χ2n) is 12.6. The van der Waals surface area contributed by atoms with Gasteiger partial charge in [-0.1, -0.05) is 38.5 Å². The van der Waals surface area contributed by atoms with Crippen molar-refractivity contribution < 1.29 is 33.3 Å². The lowest BCUT2D eigenvalue weighted by atomic mass is 10.2. The lowest BCUT2D eigenvalue weighted by Gasteiger charge is -2.35. The van der Waals surface area contributed by atoms with Gasteiger partial charge in [0.05, 0.1) is 70.5 Å². The largest absolute Gasteiger partial charge is 0.382 e. The Morgan fingerprint density at radius 3 is 2.04 bits per heavy atom. The zero-order valence-corrected chi connectivity index (χ0v) is 30.7. The molecule has 1 fully saturated rings. The molecule has 0 radical (unpaired) electrons. The maximum absolute atomic E-state index is 12.9. The number of para-hydroxylation sites is 1. The Hall–Kier alpha value is -3.40. The highest BCUT2D eigenvalue weighted by atomic mass is 16.6. The summed E-state index contributed by atoms with van der Waals surface area (Å²) in [5, 5.41) is 3.89. The van der Waals surface area contributed by atoms with Crippen LogP contribution >= 0.6 is 0 Å². The number of nitrogens with two attached hydrogens (primary N) is 1. The van der Waals surface area contributed by atoms with E-state index in [4.69, 9.17) is 34.4 Å². The number of hydrogen-bond acceptors (Lipinski definition) is 11. The number of imidazole rings is 1. The molecule has 14 heteroatoms. The van der Waals surface area contributed by atoms with Crippen LogP contribution in [0.15, 0.2) is 24.3 Å². The number of aryl methyl sites for hydroxylation is 1. The fraction of sp³-hybridized carbons (Fsp3) is 0.676. The molecule has 3 aromatic rings. The number of fused-ring (bicyclic) bond motifs is 3. The summed E-state index contributed by atoms with van der Waals surface area (Å²) in [6, 6.07) is 8.09. The lowest BCUT2D eigenvalue weighted by Crippen LogP contribution is -2.49. The third-order valence-electron chi connectivity index (χ3n) is 8.78. The van der Waals surface area contributed by atoms with Crippen molar-refractivity contribution in [2.45, 2.75) is 58.9 Å². The molecule has 0 atom stereocenters. The fourth-order valence-corrected chi connectivity index (χ4v) is 5.99. The van der Waals surface area contributed by atoms with Gasteiger partial charge in [0.2, 0.25) is 11.8 Å². The van der Waals surface area contributed by atoms with E-state index in [-0.39, 0.29) is 24.7 Å². The molecule has 0 saturated carbocycles. The second kappa shape index (κ2) is 23.2. The predicted molar refractivity (Wildman–Crippen MR) is 198 cm³/mol. The molecule has 2 amide bonds. The van der Waals surface area contributed by atoms with Crippen molar-refractivity contribution in [1.29, 1.82) is 0 Å². The molecule has 284 valence electrons. The van der Waals surface area contributed by atoms with Gasteiger partial charge in [0.15, 0.2) is 5.82 Å². The first-order valence-electron chi connectivity index (χ1n) is 18.7. The molecule has 14 nitrogen and oxygen atoms in total. The number of benzene rings is 1. The Morgan fingerprint density at radius 1 is 0.765 bits per heavy atom. The van der Waals surface area contributed by atoms with Gasteiger partial charge in [-0.25, -0.2) is 9.97 Å². The van der Waals surface area contributed by atoms with Crippen molar-refractivity contribution in [2.75, 3.05) is 111 Å². The summed E-state index contributed by atoms with van der Waals surface area (Å²) in [4.78, 5) is 39.0. The zero-order valence-electron chi connectivity index (χ0n) is 30.7. The number of ether oxygens (including phenoxy) is 5. The molecule has 0 aliphatic carbocycles. The van der Waals surface area contributed by atoms with Gasteiger partial charge in [-0.15, -0.1) is 0 Å². The van der Waals surface area contributed by atoms with Gasteiger partial charge in [-0.2, -0.15) is 0 Å². The molecular weight excluding hydrogens is 654 g/mol. The Morgan fingerprint density at radius 2 is 1.39 bits per heavy atom. The summed E-state index contributed by atoms with van der Waals surface area (Å²) in [6.45, 7) is 14.4. The van der Waals surface area contributed by atoms with Crippen molar-refractivity contribution in [2.24, 2.45) is 0 Å². The first-order valence-corrected chi connectivity index (χ1v) is 18.7. The number of carbonyl (C=O) groups is 2. The van der Waals surface area contributed by atoms with E-state index in [2.05, 4.69) is 39.7 Å². The minimum absolute atomic E-state index is 0.0172. The summed E-state index contributed by atoms with van der Waals surface area (Å²) in [6.07, 6.45) is 4.41. The molecule has 4 rings (SSSR count). The predicted octanol–water partition coefficient (Wildman–Crippen LogP) is 3.04. The number of hydrogen-bond donors (Lipinski definition) is 2. The van der Waals surface area contributed by atoms with E-state index < -0.39 is 0 Å². The van der Waals surface area contributed by atoms with Crippen LogP contribution in [0.5, 0.6) is 0 Å².